The normalized spacial score (nSPS) is 10.7. The molecule has 0 aromatic carbocycles. The van der Waals surface area contributed by atoms with Crippen molar-refractivity contribution in [2.24, 2.45) is 0 Å². The van der Waals surface area contributed by atoms with E-state index in [0.29, 0.717) is 18.6 Å². The fourth-order valence-electron chi connectivity index (χ4n) is 3.21. The highest BCUT2D eigenvalue weighted by Crippen LogP contribution is 2.49. The maximum Gasteiger partial charge on any atom is 0.406 e. The van der Waals surface area contributed by atoms with Gasteiger partial charge in [-0.1, -0.05) is 6.92 Å². The number of carbonyl (C=O) groups excluding carboxylic acids is 1. The van der Waals surface area contributed by atoms with Crippen LogP contribution in [-0.4, -0.2) is 36.7 Å². The third kappa shape index (κ3) is 4.76. The molecule has 158 valence electrons. The van der Waals surface area contributed by atoms with Crippen molar-refractivity contribution in [3.05, 3.63) is 34.0 Å². The van der Waals surface area contributed by atoms with Crippen molar-refractivity contribution < 1.29 is 19.6 Å². The molecule has 0 saturated heterocycles. The highest BCUT2D eigenvalue weighted by Gasteiger charge is 2.29. The van der Waals surface area contributed by atoms with E-state index in [9.17, 15) is 14.8 Å². The van der Waals surface area contributed by atoms with Gasteiger partial charge in [-0.25, -0.2) is 4.79 Å². The number of esters is 1. The minimum absolute atomic E-state index is 0.295. The van der Waals surface area contributed by atoms with Crippen LogP contribution in [0.15, 0.2) is 22.9 Å². The Bertz CT molecular complexity index is 1010. The van der Waals surface area contributed by atoms with Crippen LogP contribution in [0.25, 0.3) is 19.5 Å². The Labute approximate surface area is 189 Å². The number of ether oxygens (including phenoxy) is 1. The maximum absolute atomic E-state index is 13.0. The minimum atomic E-state index is -0.714. The molecule has 11 heteroatoms. The van der Waals surface area contributed by atoms with E-state index in [0.717, 1.165) is 36.4 Å². The van der Waals surface area contributed by atoms with Crippen LogP contribution in [0.1, 0.15) is 29.8 Å². The van der Waals surface area contributed by atoms with E-state index < -0.39 is 14.1 Å². The molecule has 3 aromatic rings. The van der Waals surface area contributed by atoms with Gasteiger partial charge in [0, 0.05) is 11.4 Å². The Morgan fingerprint density at radius 2 is 1.50 bits per heavy atom. The molecule has 0 saturated carbocycles. The summed E-state index contributed by atoms with van der Waals surface area (Å²) in [6.07, 6.45) is 0.663. The van der Waals surface area contributed by atoms with Gasteiger partial charge in [0.25, 0.3) is 0 Å². The minimum Gasteiger partial charge on any atom is -0.462 e. The van der Waals surface area contributed by atoms with Crippen LogP contribution in [0.5, 0.6) is 0 Å². The van der Waals surface area contributed by atoms with E-state index in [1.807, 2.05) is 29.8 Å². The molecule has 4 N–H and O–H groups in total. The number of carbonyl (C=O) groups is 1. The maximum atomic E-state index is 13.0. The lowest BCUT2D eigenvalue weighted by atomic mass is 9.88. The fraction of sp³-hybridized carbons (Fsp3) is 0.316. The summed E-state index contributed by atoms with van der Waals surface area (Å²) >= 11 is 4.62. The molecule has 6 nitrogen and oxygen atoms in total. The van der Waals surface area contributed by atoms with Gasteiger partial charge in [0.2, 0.25) is 0 Å². The van der Waals surface area contributed by atoms with Crippen LogP contribution in [0, 0.1) is 0 Å². The summed E-state index contributed by atoms with van der Waals surface area (Å²) in [6.45, 7) is 7.45. The lowest BCUT2D eigenvalue weighted by Crippen LogP contribution is -2.19. The summed E-state index contributed by atoms with van der Waals surface area (Å²) in [4.78, 5) is 16.7. The molecule has 3 rings (SSSR count). The molecule has 0 aliphatic rings. The number of hydrogen-bond donors (Lipinski definition) is 4. The van der Waals surface area contributed by atoms with E-state index in [2.05, 4.69) is 10.5 Å². The zero-order valence-corrected chi connectivity index (χ0v) is 19.8. The van der Waals surface area contributed by atoms with Gasteiger partial charge >= 0.3 is 20.1 Å². The van der Waals surface area contributed by atoms with E-state index in [1.165, 1.54) is 22.7 Å². The van der Waals surface area contributed by atoms with Crippen LogP contribution >= 0.6 is 34.0 Å². The highest BCUT2D eigenvalue weighted by atomic mass is 32.1. The average molecular weight is 462 g/mol. The van der Waals surface area contributed by atoms with Crippen LogP contribution in [0.3, 0.4) is 0 Å². The van der Waals surface area contributed by atoms with Gasteiger partial charge in [-0.3, -0.25) is 0 Å². The Morgan fingerprint density at radius 1 is 0.967 bits per heavy atom. The topological polar surface area (TPSA) is 90.8 Å². The summed E-state index contributed by atoms with van der Waals surface area (Å²) in [6, 6.07) is 3.83. The van der Waals surface area contributed by atoms with Crippen LogP contribution in [0.2, 0.25) is 13.6 Å². The van der Waals surface area contributed by atoms with E-state index in [-0.39, 0.29) is 5.97 Å². The molecule has 0 atom stereocenters. The van der Waals surface area contributed by atoms with Crippen molar-refractivity contribution in [1.29, 1.82) is 0 Å². The Balaban J connectivity index is 2.22. The predicted molar refractivity (Wildman–Crippen MR) is 131 cm³/mol. The van der Waals surface area contributed by atoms with Crippen molar-refractivity contribution in [2.75, 3.05) is 17.1 Å². The first-order chi connectivity index (χ1) is 14.4. The first-order valence-corrected chi connectivity index (χ1v) is 12.3. The van der Waals surface area contributed by atoms with Gasteiger partial charge < -0.3 is 25.2 Å². The number of hydrogen-bond acceptors (Lipinski definition) is 9. The van der Waals surface area contributed by atoms with Gasteiger partial charge in [-0.15, -0.1) is 34.0 Å². The van der Waals surface area contributed by atoms with Gasteiger partial charge in [0.15, 0.2) is 0 Å². The van der Waals surface area contributed by atoms with Crippen LogP contribution < -0.4 is 10.5 Å². The van der Waals surface area contributed by atoms with Gasteiger partial charge in [-0.2, -0.15) is 0 Å². The van der Waals surface area contributed by atoms with Crippen LogP contribution in [-0.2, 0) is 11.2 Å². The van der Waals surface area contributed by atoms with Gasteiger partial charge in [0.1, 0.15) is 0 Å². The Kier molecular flexibility index (Phi) is 7.65. The third-order valence-corrected chi connectivity index (χ3v) is 7.70. The van der Waals surface area contributed by atoms with E-state index in [1.54, 1.807) is 31.9 Å². The molecular formula is C19H24B2N2O4S3. The van der Waals surface area contributed by atoms with Crippen molar-refractivity contribution in [2.45, 2.75) is 33.9 Å². The third-order valence-electron chi connectivity index (χ3n) is 4.31. The predicted octanol–water partition coefficient (Wildman–Crippen LogP) is 4.99. The zero-order chi connectivity index (χ0) is 21.8. The largest absolute Gasteiger partial charge is 0.462 e. The second kappa shape index (κ2) is 10.0. The summed E-state index contributed by atoms with van der Waals surface area (Å²) in [5.41, 5.74) is 3.12. The van der Waals surface area contributed by atoms with Gasteiger partial charge in [-0.05, 0) is 55.4 Å². The molecule has 0 spiro atoms. The second-order valence-corrected chi connectivity index (χ2v) is 9.51. The summed E-state index contributed by atoms with van der Waals surface area (Å²) < 4.78 is 5.41. The fourth-order valence-corrected chi connectivity index (χ4v) is 6.67. The average Bonchev–Trinajstić information content (AvgIpc) is 3.38. The second-order valence-electron chi connectivity index (χ2n) is 6.66. The van der Waals surface area contributed by atoms with Crippen molar-refractivity contribution in [1.82, 2.24) is 0 Å². The van der Waals surface area contributed by atoms with E-state index in [4.69, 9.17) is 4.74 Å². The molecule has 0 amide bonds. The first-order valence-electron chi connectivity index (χ1n) is 9.75. The lowest BCUT2D eigenvalue weighted by Gasteiger charge is -2.09. The molecule has 3 heterocycles. The van der Waals surface area contributed by atoms with Crippen molar-refractivity contribution in [3.63, 3.8) is 0 Å². The lowest BCUT2D eigenvalue weighted by molar-refractivity contribution is 0.0526. The molecule has 0 unspecified atom stereocenters. The smallest absolute Gasteiger partial charge is 0.406 e. The molecule has 0 aliphatic heterocycles. The van der Waals surface area contributed by atoms with Crippen molar-refractivity contribution in [3.8, 4) is 19.5 Å². The summed E-state index contributed by atoms with van der Waals surface area (Å²) in [5.74, 6) is -0.343. The zero-order valence-electron chi connectivity index (χ0n) is 17.3. The SMILES string of the molecule is CCOC(=O)c1c(-c2sccc2NB(C)O)sc(-c2sccc2NB(C)O)c1CC. The summed E-state index contributed by atoms with van der Waals surface area (Å²) in [5, 5.41) is 29.6. The van der Waals surface area contributed by atoms with Crippen molar-refractivity contribution >= 4 is 65.5 Å². The molecule has 0 radical (unpaired) electrons. The molecular weight excluding hydrogens is 438 g/mol. The molecule has 3 aromatic heterocycles. The Hall–Kier alpha value is -1.78. The number of nitrogens with one attached hydrogen (secondary N) is 2. The first kappa shape index (κ1) is 22.9. The number of rotatable bonds is 9. The van der Waals surface area contributed by atoms with E-state index >= 15 is 0 Å². The Morgan fingerprint density at radius 3 is 1.97 bits per heavy atom. The number of anilines is 2. The van der Waals surface area contributed by atoms with Gasteiger partial charge in [0.05, 0.1) is 31.7 Å². The molecule has 0 fully saturated rings. The quantitative estimate of drug-likeness (QED) is 0.265. The summed E-state index contributed by atoms with van der Waals surface area (Å²) in [7, 11) is -1.40. The molecule has 0 aliphatic carbocycles. The molecule has 30 heavy (non-hydrogen) atoms. The van der Waals surface area contributed by atoms with Crippen LogP contribution in [0.4, 0.5) is 11.4 Å². The standard InChI is InChI=1S/C19H24B2N2O4S3/c1-5-11-14(19(24)27-6-2)18(17-13(8-10-29-17)23-21(4)26)30-15(11)16-12(7-9-28-16)22-20(3)25/h7-10,22-23,25-26H,5-6H2,1-4H3. The molecule has 0 bridgehead atoms. The highest BCUT2D eigenvalue weighted by molar-refractivity contribution is 7.26. The monoisotopic (exact) mass is 462 g/mol. The number of thiophene rings is 3.